The predicted molar refractivity (Wildman–Crippen MR) is 79.9 cm³/mol. The molecule has 1 rings (SSSR count). The molecule has 0 aliphatic rings. The van der Waals surface area contributed by atoms with Crippen LogP contribution in [0, 0.1) is 6.92 Å². The lowest BCUT2D eigenvalue weighted by Crippen LogP contribution is -2.51. The quantitative estimate of drug-likeness (QED) is 0.871. The fraction of sp³-hybridized carbons (Fsp3) is 0.533. The van der Waals surface area contributed by atoms with E-state index in [0.717, 1.165) is 11.1 Å². The Labute approximate surface area is 125 Å². The number of carboxylic acid groups (broad SMARTS) is 1. The number of carboxylic acids is 1. The molecule has 21 heavy (non-hydrogen) atoms. The Balaban J connectivity index is 2.69. The minimum Gasteiger partial charge on any atom is -0.481 e. The molecule has 0 saturated carbocycles. The van der Waals surface area contributed by atoms with Gasteiger partial charge in [0.1, 0.15) is 0 Å². The van der Waals surface area contributed by atoms with Crippen LogP contribution in [0.4, 0.5) is 4.79 Å². The Bertz CT molecular complexity index is 509. The minimum absolute atomic E-state index is 0.0728. The molecular formula is C15H23N3O3. The topological polar surface area (TPSA) is 82.5 Å². The largest absolute Gasteiger partial charge is 0.481 e. The second-order valence-electron chi connectivity index (χ2n) is 5.93. The van der Waals surface area contributed by atoms with E-state index in [-0.39, 0.29) is 19.0 Å². The van der Waals surface area contributed by atoms with Crippen LogP contribution in [-0.4, -0.2) is 39.1 Å². The molecule has 1 aromatic heterocycles. The molecule has 1 heterocycles. The Morgan fingerprint density at radius 2 is 2.05 bits per heavy atom. The van der Waals surface area contributed by atoms with Crippen molar-refractivity contribution >= 4 is 12.0 Å². The molecule has 0 radical (unpaired) electrons. The van der Waals surface area contributed by atoms with Crippen LogP contribution in [0.1, 0.15) is 38.3 Å². The van der Waals surface area contributed by atoms with Crippen LogP contribution >= 0.6 is 0 Å². The molecule has 6 heteroatoms. The molecule has 0 aliphatic carbocycles. The highest BCUT2D eigenvalue weighted by molar-refractivity contribution is 5.76. The maximum atomic E-state index is 12.3. The number of nitrogens with zero attached hydrogens (tertiary/aromatic N) is 2. The standard InChI is InChI=1S/C15H23N3O3/c1-11-5-7-16-9-12(11)10-17-14(21)18(15(2,3)4)8-6-13(19)20/h5,7,9H,6,8,10H2,1-4H3,(H,17,21)(H,19,20). The van der Waals surface area contributed by atoms with Crippen molar-refractivity contribution < 1.29 is 14.7 Å². The van der Waals surface area contributed by atoms with E-state index >= 15 is 0 Å². The van der Waals surface area contributed by atoms with E-state index in [4.69, 9.17) is 5.11 Å². The molecule has 116 valence electrons. The number of aliphatic carboxylic acids is 1. The van der Waals surface area contributed by atoms with Gasteiger partial charge in [-0.1, -0.05) is 0 Å². The zero-order valence-electron chi connectivity index (χ0n) is 13.0. The lowest BCUT2D eigenvalue weighted by atomic mass is 10.1. The molecule has 2 N–H and O–H groups in total. The normalized spacial score (nSPS) is 11.0. The van der Waals surface area contributed by atoms with Crippen molar-refractivity contribution in [2.75, 3.05) is 6.54 Å². The molecule has 0 saturated heterocycles. The van der Waals surface area contributed by atoms with Crippen molar-refractivity contribution in [1.29, 1.82) is 0 Å². The molecule has 0 unspecified atom stereocenters. The van der Waals surface area contributed by atoms with Crippen LogP contribution in [0.3, 0.4) is 0 Å². The first-order valence-electron chi connectivity index (χ1n) is 6.88. The van der Waals surface area contributed by atoms with E-state index in [2.05, 4.69) is 10.3 Å². The highest BCUT2D eigenvalue weighted by atomic mass is 16.4. The first-order chi connectivity index (χ1) is 9.71. The van der Waals surface area contributed by atoms with Crippen molar-refractivity contribution in [1.82, 2.24) is 15.2 Å². The molecule has 6 nitrogen and oxygen atoms in total. The number of carbonyl (C=O) groups is 2. The van der Waals surface area contributed by atoms with Crippen LogP contribution < -0.4 is 5.32 Å². The van der Waals surface area contributed by atoms with Gasteiger partial charge in [-0.3, -0.25) is 9.78 Å². The summed E-state index contributed by atoms with van der Waals surface area (Å²) in [4.78, 5) is 28.6. The van der Waals surface area contributed by atoms with E-state index < -0.39 is 11.5 Å². The first-order valence-corrected chi connectivity index (χ1v) is 6.88. The second kappa shape index (κ2) is 7.06. The van der Waals surface area contributed by atoms with Gasteiger partial charge in [0, 0.05) is 31.0 Å². The Hall–Kier alpha value is -2.11. The molecule has 0 aliphatic heterocycles. The van der Waals surface area contributed by atoms with Crippen LogP contribution in [0.2, 0.25) is 0 Å². The molecule has 0 bridgehead atoms. The van der Waals surface area contributed by atoms with Crippen LogP contribution in [-0.2, 0) is 11.3 Å². The zero-order chi connectivity index (χ0) is 16.0. The van der Waals surface area contributed by atoms with Crippen molar-refractivity contribution in [3.8, 4) is 0 Å². The number of hydrogen-bond donors (Lipinski definition) is 2. The fourth-order valence-corrected chi connectivity index (χ4v) is 1.90. The van der Waals surface area contributed by atoms with Gasteiger partial charge in [0.2, 0.25) is 0 Å². The van der Waals surface area contributed by atoms with E-state index in [1.54, 1.807) is 12.4 Å². The summed E-state index contributed by atoms with van der Waals surface area (Å²) in [6, 6.07) is 1.61. The fourth-order valence-electron chi connectivity index (χ4n) is 1.90. The van der Waals surface area contributed by atoms with Gasteiger partial charge in [-0.15, -0.1) is 0 Å². The Kier molecular flexibility index (Phi) is 5.69. The predicted octanol–water partition coefficient (Wildman–Crippen LogP) is 2.17. The first kappa shape index (κ1) is 16.9. The number of aromatic nitrogens is 1. The van der Waals surface area contributed by atoms with Crippen molar-refractivity contribution in [3.05, 3.63) is 29.6 Å². The third-order valence-corrected chi connectivity index (χ3v) is 3.18. The van der Waals surface area contributed by atoms with Crippen molar-refractivity contribution in [3.63, 3.8) is 0 Å². The molecular weight excluding hydrogens is 270 g/mol. The zero-order valence-corrected chi connectivity index (χ0v) is 13.0. The van der Waals surface area contributed by atoms with Gasteiger partial charge in [-0.2, -0.15) is 0 Å². The number of nitrogens with one attached hydrogen (secondary N) is 1. The summed E-state index contributed by atoms with van der Waals surface area (Å²) in [5.74, 6) is -0.917. The number of pyridine rings is 1. The number of carbonyl (C=O) groups excluding carboxylic acids is 1. The molecule has 1 aromatic rings. The number of hydrogen-bond acceptors (Lipinski definition) is 3. The lowest BCUT2D eigenvalue weighted by Gasteiger charge is -2.35. The van der Waals surface area contributed by atoms with E-state index in [0.29, 0.717) is 6.54 Å². The summed E-state index contributed by atoms with van der Waals surface area (Å²) < 4.78 is 0. The minimum atomic E-state index is -0.917. The molecule has 0 aromatic carbocycles. The average Bonchev–Trinajstić information content (AvgIpc) is 2.36. The van der Waals surface area contributed by atoms with Gasteiger partial charge in [0.05, 0.1) is 6.42 Å². The van der Waals surface area contributed by atoms with Crippen molar-refractivity contribution in [2.24, 2.45) is 0 Å². The Morgan fingerprint density at radius 3 is 2.57 bits per heavy atom. The molecule has 2 amide bonds. The maximum Gasteiger partial charge on any atom is 0.318 e. The Morgan fingerprint density at radius 1 is 1.38 bits per heavy atom. The molecule has 0 spiro atoms. The van der Waals surface area contributed by atoms with E-state index in [1.807, 2.05) is 33.8 Å². The average molecular weight is 293 g/mol. The number of aryl methyl sites for hydroxylation is 1. The highest BCUT2D eigenvalue weighted by Crippen LogP contribution is 2.14. The monoisotopic (exact) mass is 293 g/mol. The summed E-state index contributed by atoms with van der Waals surface area (Å²) in [6.07, 6.45) is 3.35. The van der Waals surface area contributed by atoms with E-state index in [1.165, 1.54) is 4.90 Å². The number of rotatable bonds is 5. The highest BCUT2D eigenvalue weighted by Gasteiger charge is 2.26. The summed E-state index contributed by atoms with van der Waals surface area (Å²) in [6.45, 7) is 8.14. The van der Waals surface area contributed by atoms with Gasteiger partial charge in [0.15, 0.2) is 0 Å². The van der Waals surface area contributed by atoms with Crippen LogP contribution in [0.25, 0.3) is 0 Å². The number of urea groups is 1. The third-order valence-electron chi connectivity index (χ3n) is 3.18. The van der Waals surface area contributed by atoms with Gasteiger partial charge >= 0.3 is 12.0 Å². The summed E-state index contributed by atoms with van der Waals surface area (Å²) in [5.41, 5.74) is 1.56. The van der Waals surface area contributed by atoms with Gasteiger partial charge in [-0.05, 0) is 44.9 Å². The van der Waals surface area contributed by atoms with Gasteiger partial charge < -0.3 is 15.3 Å². The molecule has 0 fully saturated rings. The number of amides is 2. The van der Waals surface area contributed by atoms with Crippen molar-refractivity contribution in [2.45, 2.75) is 46.2 Å². The second-order valence-corrected chi connectivity index (χ2v) is 5.93. The van der Waals surface area contributed by atoms with Crippen LogP contribution in [0.5, 0.6) is 0 Å². The smallest absolute Gasteiger partial charge is 0.318 e. The SMILES string of the molecule is Cc1ccncc1CNC(=O)N(CCC(=O)O)C(C)(C)C. The summed E-state index contributed by atoms with van der Waals surface area (Å²) in [7, 11) is 0. The summed E-state index contributed by atoms with van der Waals surface area (Å²) in [5, 5.41) is 11.6. The maximum absolute atomic E-state index is 12.3. The van der Waals surface area contributed by atoms with Gasteiger partial charge in [0.25, 0.3) is 0 Å². The molecule has 0 atom stereocenters. The van der Waals surface area contributed by atoms with Crippen LogP contribution in [0.15, 0.2) is 18.5 Å². The lowest BCUT2D eigenvalue weighted by molar-refractivity contribution is -0.137. The third kappa shape index (κ3) is 5.41. The van der Waals surface area contributed by atoms with E-state index in [9.17, 15) is 9.59 Å². The summed E-state index contributed by atoms with van der Waals surface area (Å²) >= 11 is 0. The van der Waals surface area contributed by atoms with Gasteiger partial charge in [-0.25, -0.2) is 4.79 Å².